The molecule has 0 saturated carbocycles. The van der Waals surface area contributed by atoms with Crippen molar-refractivity contribution in [1.29, 1.82) is 0 Å². The number of benzene rings is 8. The Labute approximate surface area is 444 Å². The highest BCUT2D eigenvalue weighted by molar-refractivity contribution is 7.32. The van der Waals surface area contributed by atoms with Crippen molar-refractivity contribution >= 4 is 84.0 Å². The number of thiophene rings is 1. The largest absolute Gasteiger partial charge is 0.376 e. The molecule has 0 N–H and O–H groups in total. The molecule has 3 nitrogen and oxygen atoms in total. The van der Waals surface area contributed by atoms with Crippen LogP contribution in [0.2, 0.25) is 0 Å². The van der Waals surface area contributed by atoms with Crippen LogP contribution in [-0.4, -0.2) is 6.85 Å². The van der Waals surface area contributed by atoms with Crippen LogP contribution in [0.3, 0.4) is 0 Å². The van der Waals surface area contributed by atoms with Gasteiger partial charge >= 0.3 is 6.85 Å². The molecule has 74 heavy (non-hydrogen) atoms. The van der Waals surface area contributed by atoms with Gasteiger partial charge in [-0.05, 0) is 169 Å². The molecular formula is C69H68BN3S. The number of anilines is 8. The zero-order chi connectivity index (χ0) is 51.4. The first kappa shape index (κ1) is 46.9. The summed E-state index contributed by atoms with van der Waals surface area (Å²) >= 11 is 2.03. The van der Waals surface area contributed by atoms with Crippen molar-refractivity contribution < 1.29 is 0 Å². The van der Waals surface area contributed by atoms with E-state index in [2.05, 4.69) is 268 Å². The van der Waals surface area contributed by atoms with Gasteiger partial charge in [-0.25, -0.2) is 0 Å². The summed E-state index contributed by atoms with van der Waals surface area (Å²) in [5, 5.41) is 1.36. The van der Waals surface area contributed by atoms with Crippen LogP contribution < -0.4 is 24.9 Å². The zero-order valence-corrected chi connectivity index (χ0v) is 46.2. The lowest BCUT2D eigenvalue weighted by Crippen LogP contribution is -2.61. The molecule has 0 atom stereocenters. The van der Waals surface area contributed by atoms with E-state index in [1.54, 1.807) is 0 Å². The predicted octanol–water partition coefficient (Wildman–Crippen LogP) is 18.3. The number of fused-ring (bicyclic) bond motifs is 11. The summed E-state index contributed by atoms with van der Waals surface area (Å²) in [7, 11) is 0. The van der Waals surface area contributed by atoms with Crippen molar-refractivity contribution in [1.82, 2.24) is 0 Å². The molecule has 0 fully saturated rings. The average molecular weight is 982 g/mol. The summed E-state index contributed by atoms with van der Waals surface area (Å²) in [4.78, 5) is 7.92. The van der Waals surface area contributed by atoms with Crippen LogP contribution >= 0.6 is 11.3 Å². The van der Waals surface area contributed by atoms with E-state index in [1.807, 2.05) is 11.3 Å². The second kappa shape index (κ2) is 16.1. The molecule has 0 unspecified atom stereocenters. The maximum Gasteiger partial charge on any atom is 0.343 e. The van der Waals surface area contributed by atoms with Gasteiger partial charge in [0.25, 0.3) is 0 Å². The lowest BCUT2D eigenvalue weighted by molar-refractivity contribution is 0.332. The predicted molar refractivity (Wildman–Crippen MR) is 320 cm³/mol. The van der Waals surface area contributed by atoms with Crippen molar-refractivity contribution in [3.05, 3.63) is 203 Å². The van der Waals surface area contributed by atoms with E-state index in [4.69, 9.17) is 0 Å². The lowest BCUT2D eigenvalue weighted by Gasteiger charge is -2.47. The van der Waals surface area contributed by atoms with Gasteiger partial charge in [-0.1, -0.05) is 174 Å². The van der Waals surface area contributed by atoms with E-state index in [-0.39, 0.29) is 33.9 Å². The van der Waals surface area contributed by atoms with Gasteiger partial charge in [0.05, 0.1) is 5.69 Å². The van der Waals surface area contributed by atoms with Gasteiger partial charge < -0.3 is 14.6 Å². The third-order valence-electron chi connectivity index (χ3n) is 17.6. The molecule has 5 heteroatoms. The van der Waals surface area contributed by atoms with Crippen LogP contribution in [0.15, 0.2) is 170 Å². The fraction of sp³-hybridized carbons (Fsp3) is 0.275. The molecule has 0 spiro atoms. The summed E-state index contributed by atoms with van der Waals surface area (Å²) in [6.45, 7) is 28.7. The standard InChI is InChI=1S/C69H68BN3S/c1-65(2,3)43-27-31-47(32-28-43)72-62-54-41-56-57(68(9,10)38-37-67(56,7)8)42-59(54)74-64(62)70-61-53(40-52-50-25-19-20-26-55(50)69(11,12)60(52)63(61)72)51-36-35-49(71(45-21-15-13-16-22-45)46-23-17-14-18-24-46)39-58(51)73(70)48-33-29-44(30-34-48)66(4,5)6/h13-36,39-42H,37-38H2,1-12H3. The molecule has 2 aliphatic heterocycles. The number of hydrogen-bond acceptors (Lipinski definition) is 4. The van der Waals surface area contributed by atoms with Gasteiger partial charge in [0, 0.05) is 65.7 Å². The molecule has 2 aliphatic carbocycles. The van der Waals surface area contributed by atoms with Gasteiger partial charge in [-0.15, -0.1) is 11.3 Å². The third kappa shape index (κ3) is 6.98. The molecule has 4 aliphatic rings. The Morgan fingerprint density at radius 3 is 1.64 bits per heavy atom. The maximum absolute atomic E-state index is 2.75. The number of nitrogens with zero attached hydrogens (tertiary/aromatic N) is 3. The van der Waals surface area contributed by atoms with Crippen molar-refractivity contribution in [3.8, 4) is 22.3 Å². The Bertz CT molecular complexity index is 3680. The molecule has 0 bridgehead atoms. The molecule has 13 rings (SSSR count). The van der Waals surface area contributed by atoms with Crippen LogP contribution in [-0.2, 0) is 27.1 Å². The molecule has 3 heterocycles. The zero-order valence-electron chi connectivity index (χ0n) is 45.4. The van der Waals surface area contributed by atoms with Crippen LogP contribution in [0.1, 0.15) is 129 Å². The Balaban J connectivity index is 1.19. The molecule has 1 aromatic heterocycles. The maximum atomic E-state index is 2.75. The topological polar surface area (TPSA) is 9.72 Å². The highest BCUT2D eigenvalue weighted by atomic mass is 32.1. The normalized spacial score (nSPS) is 16.5. The first-order valence-corrected chi connectivity index (χ1v) is 27.8. The summed E-state index contributed by atoms with van der Waals surface area (Å²) in [6.07, 6.45) is 2.34. The van der Waals surface area contributed by atoms with Crippen molar-refractivity contribution in [2.75, 3.05) is 14.6 Å². The van der Waals surface area contributed by atoms with Crippen molar-refractivity contribution in [3.63, 3.8) is 0 Å². The van der Waals surface area contributed by atoms with Crippen molar-refractivity contribution in [2.24, 2.45) is 0 Å². The first-order chi connectivity index (χ1) is 35.2. The Hall–Kier alpha value is -6.82. The molecule has 368 valence electrons. The van der Waals surface area contributed by atoms with Crippen molar-refractivity contribution in [2.45, 2.75) is 123 Å². The smallest absolute Gasteiger partial charge is 0.343 e. The molecular weight excluding hydrogens is 914 g/mol. The minimum atomic E-state index is -0.284. The molecule has 0 radical (unpaired) electrons. The summed E-state index contributed by atoms with van der Waals surface area (Å²) < 4.78 is 2.75. The van der Waals surface area contributed by atoms with E-state index >= 15 is 0 Å². The summed E-state index contributed by atoms with van der Waals surface area (Å²) in [5.74, 6) is 0. The summed E-state index contributed by atoms with van der Waals surface area (Å²) in [6, 6.07) is 65.4. The lowest BCUT2D eigenvalue weighted by atomic mass is 9.46. The van der Waals surface area contributed by atoms with Crippen LogP contribution in [0, 0.1) is 0 Å². The number of hydrogen-bond donors (Lipinski definition) is 0. The minimum Gasteiger partial charge on any atom is -0.376 e. The number of rotatable bonds is 5. The SMILES string of the molecule is CC(C)(C)c1ccc(N2B3c4sc5cc6c(cc5c4N(c4ccc(C(C)(C)C)cc4)c4c3c(cc3c4C(C)(C)c4ccccc4-3)-c3ccc(N(c4ccccc4)c4ccccc4)cc32)C(C)(C)CCC6(C)C)cc1. The average Bonchev–Trinajstić information content (AvgIpc) is 3.93. The van der Waals surface area contributed by atoms with E-state index in [9.17, 15) is 0 Å². The Morgan fingerprint density at radius 2 is 1.04 bits per heavy atom. The Morgan fingerprint density at radius 1 is 0.486 bits per heavy atom. The second-order valence-corrected chi connectivity index (χ2v) is 26.7. The minimum absolute atomic E-state index is 0.00543. The first-order valence-electron chi connectivity index (χ1n) is 27.0. The molecule has 9 aromatic rings. The molecule has 0 saturated heterocycles. The molecule has 0 amide bonds. The van der Waals surface area contributed by atoms with E-state index < -0.39 is 0 Å². The highest BCUT2D eigenvalue weighted by Gasteiger charge is 2.52. The summed E-state index contributed by atoms with van der Waals surface area (Å²) in [5.41, 5.74) is 24.6. The van der Waals surface area contributed by atoms with E-state index in [0.717, 1.165) is 23.5 Å². The van der Waals surface area contributed by atoms with Gasteiger partial charge in [-0.3, -0.25) is 0 Å². The van der Waals surface area contributed by atoms with Gasteiger partial charge in [0.1, 0.15) is 0 Å². The fourth-order valence-corrected chi connectivity index (χ4v) is 14.6. The van der Waals surface area contributed by atoms with Crippen LogP contribution in [0.25, 0.3) is 32.3 Å². The number of para-hydroxylation sites is 2. The second-order valence-electron chi connectivity index (χ2n) is 25.7. The van der Waals surface area contributed by atoms with Gasteiger partial charge in [0.15, 0.2) is 0 Å². The fourth-order valence-electron chi connectivity index (χ4n) is 13.3. The van der Waals surface area contributed by atoms with E-state index in [0.29, 0.717) is 0 Å². The van der Waals surface area contributed by atoms with Crippen LogP contribution in [0.5, 0.6) is 0 Å². The Kier molecular flexibility index (Phi) is 10.2. The monoisotopic (exact) mass is 982 g/mol. The van der Waals surface area contributed by atoms with E-state index in [1.165, 1.54) is 111 Å². The third-order valence-corrected chi connectivity index (χ3v) is 18.8. The van der Waals surface area contributed by atoms with Gasteiger partial charge in [0.2, 0.25) is 0 Å². The van der Waals surface area contributed by atoms with Gasteiger partial charge in [-0.2, -0.15) is 0 Å². The molecule has 8 aromatic carbocycles. The highest BCUT2D eigenvalue weighted by Crippen LogP contribution is 2.60. The quantitative estimate of drug-likeness (QED) is 0.159. The van der Waals surface area contributed by atoms with Crippen LogP contribution in [0.4, 0.5) is 45.5 Å².